The van der Waals surface area contributed by atoms with Crippen LogP contribution in [0, 0.1) is 17.1 Å². The molecule has 2 atom stereocenters. The minimum Gasteiger partial charge on any atom is -0.598 e. The van der Waals surface area contributed by atoms with Gasteiger partial charge in [0, 0.05) is 11.4 Å². The Hall–Kier alpha value is -1.09. The summed E-state index contributed by atoms with van der Waals surface area (Å²) in [6, 6.07) is 5.74. The minimum atomic E-state index is -1.24. The van der Waals surface area contributed by atoms with E-state index in [0.717, 1.165) is 0 Å². The molecule has 0 radical (unpaired) electrons. The van der Waals surface area contributed by atoms with Gasteiger partial charge in [0.15, 0.2) is 0 Å². The molecule has 1 rings (SSSR count). The van der Waals surface area contributed by atoms with E-state index in [1.165, 1.54) is 12.1 Å². The monoisotopic (exact) mass is 268 g/mol. The van der Waals surface area contributed by atoms with Crippen molar-refractivity contribution in [3.8, 4) is 6.07 Å². The first-order valence-electron chi connectivity index (χ1n) is 5.62. The summed E-state index contributed by atoms with van der Waals surface area (Å²) in [5, 5.41) is 8.78. The molecule has 0 saturated heterocycles. The lowest BCUT2D eigenvalue weighted by molar-refractivity contribution is 0.530. The average molecular weight is 268 g/mol. The Balaban J connectivity index is 2.88. The van der Waals surface area contributed by atoms with Crippen molar-refractivity contribution in [2.24, 2.45) is 0 Å². The molecule has 1 aromatic rings. The van der Waals surface area contributed by atoms with Gasteiger partial charge in [-0.1, -0.05) is 0 Å². The van der Waals surface area contributed by atoms with Crippen molar-refractivity contribution >= 4 is 11.4 Å². The molecule has 0 saturated carbocycles. The molecule has 0 bridgehead atoms. The standard InChI is InChI=1S/C13H17FN2OS/c1-9(16-18(17)13(2,3)4)11-5-10(8-15)6-12(14)7-11/h5-7,9,16H,1-4H3. The zero-order chi connectivity index (χ0) is 13.9. The maximum atomic E-state index is 13.3. The smallest absolute Gasteiger partial charge is 0.136 e. The van der Waals surface area contributed by atoms with Crippen molar-refractivity contribution in [1.82, 2.24) is 4.72 Å². The third-order valence-electron chi connectivity index (χ3n) is 2.39. The number of benzene rings is 1. The Morgan fingerprint density at radius 1 is 1.39 bits per heavy atom. The number of halogens is 1. The Labute approximate surface area is 110 Å². The zero-order valence-electron chi connectivity index (χ0n) is 11.0. The molecule has 0 amide bonds. The second-order valence-electron chi connectivity index (χ2n) is 5.11. The molecule has 5 heteroatoms. The molecule has 0 aromatic heterocycles. The Kier molecular flexibility index (Phi) is 4.74. The van der Waals surface area contributed by atoms with E-state index in [9.17, 15) is 8.94 Å². The fourth-order valence-electron chi connectivity index (χ4n) is 1.33. The van der Waals surface area contributed by atoms with Crippen LogP contribution >= 0.6 is 0 Å². The van der Waals surface area contributed by atoms with Gasteiger partial charge >= 0.3 is 0 Å². The van der Waals surface area contributed by atoms with Crippen molar-refractivity contribution in [2.45, 2.75) is 38.5 Å². The van der Waals surface area contributed by atoms with Crippen LogP contribution in [0.15, 0.2) is 18.2 Å². The van der Waals surface area contributed by atoms with E-state index in [1.807, 2.05) is 26.8 Å². The highest BCUT2D eigenvalue weighted by atomic mass is 32.2. The van der Waals surface area contributed by atoms with Crippen LogP contribution in [0.2, 0.25) is 0 Å². The normalized spacial score (nSPS) is 14.9. The largest absolute Gasteiger partial charge is 0.598 e. The molecule has 18 heavy (non-hydrogen) atoms. The van der Waals surface area contributed by atoms with Crippen LogP contribution in [-0.4, -0.2) is 9.30 Å². The van der Waals surface area contributed by atoms with Crippen molar-refractivity contribution in [2.75, 3.05) is 0 Å². The lowest BCUT2D eigenvalue weighted by Crippen LogP contribution is -2.40. The predicted molar refractivity (Wildman–Crippen MR) is 70.6 cm³/mol. The van der Waals surface area contributed by atoms with Crippen molar-refractivity contribution in [1.29, 1.82) is 5.26 Å². The summed E-state index contributed by atoms with van der Waals surface area (Å²) >= 11 is -1.24. The molecule has 0 aliphatic carbocycles. The van der Waals surface area contributed by atoms with Crippen LogP contribution in [0.1, 0.15) is 44.9 Å². The van der Waals surface area contributed by atoms with Crippen molar-refractivity contribution < 1.29 is 8.94 Å². The van der Waals surface area contributed by atoms with Gasteiger partial charge in [-0.05, 0) is 51.5 Å². The Morgan fingerprint density at radius 2 is 2.00 bits per heavy atom. The van der Waals surface area contributed by atoms with Gasteiger partial charge in [-0.15, -0.1) is 4.72 Å². The summed E-state index contributed by atoms with van der Waals surface area (Å²) in [7, 11) is 0. The summed E-state index contributed by atoms with van der Waals surface area (Å²) in [6.45, 7) is 7.36. The molecule has 1 aromatic carbocycles. The first-order valence-corrected chi connectivity index (χ1v) is 6.77. The zero-order valence-corrected chi connectivity index (χ0v) is 11.8. The molecule has 0 spiro atoms. The van der Waals surface area contributed by atoms with Crippen LogP contribution in [0.3, 0.4) is 0 Å². The molecule has 98 valence electrons. The van der Waals surface area contributed by atoms with E-state index in [0.29, 0.717) is 5.56 Å². The van der Waals surface area contributed by atoms with Crippen LogP contribution in [0.4, 0.5) is 4.39 Å². The summed E-state index contributed by atoms with van der Waals surface area (Å²) in [4.78, 5) is 0. The first-order chi connectivity index (χ1) is 8.24. The molecule has 1 N–H and O–H groups in total. The SMILES string of the molecule is CC(N[S+]([O-])C(C)(C)C)c1cc(F)cc(C#N)c1. The summed E-state index contributed by atoms with van der Waals surface area (Å²) in [5.74, 6) is -0.459. The number of rotatable bonds is 3. The van der Waals surface area contributed by atoms with E-state index in [1.54, 1.807) is 13.0 Å². The first kappa shape index (κ1) is 15.0. The van der Waals surface area contributed by atoms with Gasteiger partial charge in [0.1, 0.15) is 10.6 Å². The minimum absolute atomic E-state index is 0.264. The van der Waals surface area contributed by atoms with Crippen LogP contribution in [-0.2, 0) is 11.4 Å². The third-order valence-corrected chi connectivity index (χ3v) is 4.07. The Morgan fingerprint density at radius 3 is 2.50 bits per heavy atom. The molecular weight excluding hydrogens is 251 g/mol. The highest BCUT2D eigenvalue weighted by molar-refractivity contribution is 7.90. The maximum absolute atomic E-state index is 13.3. The van der Waals surface area contributed by atoms with E-state index in [-0.39, 0.29) is 16.4 Å². The lowest BCUT2D eigenvalue weighted by Gasteiger charge is -2.26. The molecular formula is C13H17FN2OS. The third kappa shape index (κ3) is 3.98. The van der Waals surface area contributed by atoms with Gasteiger partial charge in [-0.3, -0.25) is 0 Å². The van der Waals surface area contributed by atoms with Gasteiger partial charge in [0.25, 0.3) is 0 Å². The van der Waals surface area contributed by atoms with Crippen LogP contribution < -0.4 is 4.72 Å². The van der Waals surface area contributed by atoms with Gasteiger partial charge < -0.3 is 4.55 Å². The number of nitrogens with one attached hydrogen (secondary N) is 1. The topological polar surface area (TPSA) is 58.9 Å². The fourth-order valence-corrected chi connectivity index (χ4v) is 2.14. The number of hydrogen-bond acceptors (Lipinski definition) is 3. The quantitative estimate of drug-likeness (QED) is 0.857. The molecule has 0 heterocycles. The molecule has 0 fully saturated rings. The highest BCUT2D eigenvalue weighted by Crippen LogP contribution is 2.21. The van der Waals surface area contributed by atoms with E-state index >= 15 is 0 Å². The van der Waals surface area contributed by atoms with E-state index < -0.39 is 17.2 Å². The second kappa shape index (κ2) is 5.70. The van der Waals surface area contributed by atoms with Gasteiger partial charge in [-0.25, -0.2) is 4.39 Å². The molecule has 0 aliphatic heterocycles. The van der Waals surface area contributed by atoms with Crippen LogP contribution in [0.25, 0.3) is 0 Å². The molecule has 0 aliphatic rings. The Bertz CT molecular complexity index is 465. The fraction of sp³-hybridized carbons (Fsp3) is 0.462. The van der Waals surface area contributed by atoms with Gasteiger partial charge in [0.05, 0.1) is 17.7 Å². The summed E-state index contributed by atoms with van der Waals surface area (Å²) in [5.41, 5.74) is 0.879. The van der Waals surface area contributed by atoms with Crippen molar-refractivity contribution in [3.63, 3.8) is 0 Å². The summed E-state index contributed by atoms with van der Waals surface area (Å²) < 4.78 is 27.7. The van der Waals surface area contributed by atoms with Crippen LogP contribution in [0.5, 0.6) is 0 Å². The predicted octanol–water partition coefficient (Wildman–Crippen LogP) is 2.81. The van der Waals surface area contributed by atoms with Gasteiger partial charge in [-0.2, -0.15) is 5.26 Å². The van der Waals surface area contributed by atoms with Gasteiger partial charge in [0.2, 0.25) is 0 Å². The second-order valence-corrected chi connectivity index (χ2v) is 7.10. The van der Waals surface area contributed by atoms with E-state index in [4.69, 9.17) is 5.26 Å². The summed E-state index contributed by atoms with van der Waals surface area (Å²) in [6.07, 6.45) is 0. The van der Waals surface area contributed by atoms with Crippen molar-refractivity contribution in [3.05, 3.63) is 35.1 Å². The highest BCUT2D eigenvalue weighted by Gasteiger charge is 2.28. The average Bonchev–Trinajstić information content (AvgIpc) is 2.26. The molecule has 2 unspecified atom stereocenters. The number of nitrogens with zero attached hydrogens (tertiary/aromatic N) is 1. The number of hydrogen-bond donors (Lipinski definition) is 1. The maximum Gasteiger partial charge on any atom is 0.136 e. The van der Waals surface area contributed by atoms with E-state index in [2.05, 4.69) is 4.72 Å². The molecule has 3 nitrogen and oxygen atoms in total. The number of nitriles is 1. The lowest BCUT2D eigenvalue weighted by atomic mass is 10.1.